The molecule has 0 bridgehead atoms. The molecule has 1 aliphatic rings. The summed E-state index contributed by atoms with van der Waals surface area (Å²) >= 11 is 0. The van der Waals surface area contributed by atoms with Gasteiger partial charge in [-0.3, -0.25) is 0 Å². The average molecular weight is 277 g/mol. The Labute approximate surface area is 124 Å². The van der Waals surface area contributed by atoms with E-state index < -0.39 is 0 Å². The molecule has 2 N–H and O–H groups in total. The fraction of sp³-hybridized carbons (Fsp3) is 0.278. The van der Waals surface area contributed by atoms with Crippen molar-refractivity contribution in [3.05, 3.63) is 65.0 Å². The smallest absolute Gasteiger partial charge is 0.113 e. The number of imidazole rings is 1. The highest BCUT2D eigenvalue weighted by Gasteiger charge is 2.26. The van der Waals surface area contributed by atoms with Gasteiger partial charge in [-0.1, -0.05) is 36.4 Å². The molecule has 0 aliphatic heterocycles. The minimum Gasteiger partial charge on any atom is -0.331 e. The van der Waals surface area contributed by atoms with E-state index in [2.05, 4.69) is 54.1 Å². The number of rotatable bonds is 2. The summed E-state index contributed by atoms with van der Waals surface area (Å²) in [7, 11) is 2.12. The van der Waals surface area contributed by atoms with Gasteiger partial charge in [-0.2, -0.15) is 0 Å². The number of aromatic nitrogens is 2. The van der Waals surface area contributed by atoms with Gasteiger partial charge in [-0.05, 0) is 35.6 Å². The highest BCUT2D eigenvalue weighted by Crippen LogP contribution is 2.34. The third-order valence-corrected chi connectivity index (χ3v) is 4.67. The molecular weight excluding hydrogens is 258 g/mol. The number of benzene rings is 2. The van der Waals surface area contributed by atoms with Gasteiger partial charge in [0.1, 0.15) is 5.82 Å². The van der Waals surface area contributed by atoms with E-state index in [1.165, 1.54) is 22.5 Å². The van der Waals surface area contributed by atoms with Gasteiger partial charge in [0.2, 0.25) is 0 Å². The quantitative estimate of drug-likeness (QED) is 0.782. The highest BCUT2D eigenvalue weighted by atomic mass is 15.1. The number of nitrogens with two attached hydrogens (primary N) is 1. The molecule has 1 aliphatic carbocycles. The van der Waals surface area contributed by atoms with Crippen molar-refractivity contribution < 1.29 is 0 Å². The zero-order chi connectivity index (χ0) is 14.4. The number of nitrogens with zero attached hydrogens (tertiary/aromatic N) is 2. The molecule has 3 aromatic rings. The Kier molecular flexibility index (Phi) is 2.82. The van der Waals surface area contributed by atoms with Crippen LogP contribution < -0.4 is 5.73 Å². The van der Waals surface area contributed by atoms with Gasteiger partial charge in [0, 0.05) is 19.5 Å². The van der Waals surface area contributed by atoms with Gasteiger partial charge in [-0.25, -0.2) is 4.98 Å². The Bertz CT molecular complexity index is 791. The topological polar surface area (TPSA) is 43.8 Å². The van der Waals surface area contributed by atoms with E-state index in [0.717, 1.165) is 23.9 Å². The summed E-state index contributed by atoms with van der Waals surface area (Å²) in [5.41, 5.74) is 12.2. The van der Waals surface area contributed by atoms with Crippen LogP contribution in [0.2, 0.25) is 0 Å². The van der Waals surface area contributed by atoms with E-state index in [9.17, 15) is 0 Å². The Balaban J connectivity index is 1.80. The van der Waals surface area contributed by atoms with Gasteiger partial charge in [0.25, 0.3) is 0 Å². The molecular formula is C18H19N3. The first-order chi connectivity index (χ1) is 10.3. The van der Waals surface area contributed by atoms with Crippen LogP contribution >= 0.6 is 0 Å². The summed E-state index contributed by atoms with van der Waals surface area (Å²) in [6.07, 6.45) is 2.18. The van der Waals surface area contributed by atoms with Crippen LogP contribution in [0.4, 0.5) is 0 Å². The molecule has 106 valence electrons. The van der Waals surface area contributed by atoms with Crippen molar-refractivity contribution in [3.8, 4) is 0 Å². The number of hydrogen-bond donors (Lipinski definition) is 1. The molecule has 3 heteroatoms. The van der Waals surface area contributed by atoms with Crippen molar-refractivity contribution >= 4 is 11.0 Å². The third-order valence-electron chi connectivity index (χ3n) is 4.67. The standard InChI is InChI=1S/C18H19N3/c1-21-16-8-4-7-14(11-19)17(16)20-18(21)15-9-12-5-2-3-6-13(12)10-15/h2-8,15H,9-11,19H2,1H3. The van der Waals surface area contributed by atoms with Crippen LogP contribution in [-0.2, 0) is 26.4 Å². The molecule has 0 unspecified atom stereocenters. The molecule has 0 spiro atoms. The maximum Gasteiger partial charge on any atom is 0.113 e. The molecule has 21 heavy (non-hydrogen) atoms. The fourth-order valence-corrected chi connectivity index (χ4v) is 3.56. The van der Waals surface area contributed by atoms with Crippen LogP contribution in [-0.4, -0.2) is 9.55 Å². The van der Waals surface area contributed by atoms with E-state index in [1.807, 2.05) is 0 Å². The van der Waals surface area contributed by atoms with Crippen molar-refractivity contribution in [1.82, 2.24) is 9.55 Å². The summed E-state index contributed by atoms with van der Waals surface area (Å²) < 4.78 is 2.24. The van der Waals surface area contributed by atoms with Gasteiger partial charge >= 0.3 is 0 Å². The lowest BCUT2D eigenvalue weighted by molar-refractivity contribution is 0.651. The van der Waals surface area contributed by atoms with Crippen LogP contribution in [0, 0.1) is 0 Å². The number of hydrogen-bond acceptors (Lipinski definition) is 2. The molecule has 1 heterocycles. The SMILES string of the molecule is Cn1c(C2Cc3ccccc3C2)nc2c(CN)cccc21. The third kappa shape index (κ3) is 1.88. The summed E-state index contributed by atoms with van der Waals surface area (Å²) in [4.78, 5) is 4.93. The number of fused-ring (bicyclic) bond motifs is 2. The van der Waals surface area contributed by atoms with Gasteiger partial charge in [0.15, 0.2) is 0 Å². The molecule has 0 amide bonds. The lowest BCUT2D eigenvalue weighted by Crippen LogP contribution is -2.06. The molecule has 0 radical (unpaired) electrons. The molecule has 4 rings (SSSR count). The Morgan fingerprint density at radius 2 is 1.81 bits per heavy atom. The van der Waals surface area contributed by atoms with E-state index in [4.69, 9.17) is 10.7 Å². The Morgan fingerprint density at radius 1 is 1.10 bits per heavy atom. The van der Waals surface area contributed by atoms with Crippen molar-refractivity contribution in [2.45, 2.75) is 25.3 Å². The van der Waals surface area contributed by atoms with Crippen LogP contribution in [0.15, 0.2) is 42.5 Å². The fourth-order valence-electron chi connectivity index (χ4n) is 3.56. The summed E-state index contributed by atoms with van der Waals surface area (Å²) in [6.45, 7) is 0.540. The molecule has 0 saturated carbocycles. The minimum atomic E-state index is 0.477. The molecule has 1 aromatic heterocycles. The van der Waals surface area contributed by atoms with Crippen LogP contribution in [0.25, 0.3) is 11.0 Å². The van der Waals surface area contributed by atoms with Gasteiger partial charge in [-0.15, -0.1) is 0 Å². The first-order valence-corrected chi connectivity index (χ1v) is 7.49. The van der Waals surface area contributed by atoms with E-state index in [-0.39, 0.29) is 0 Å². The first kappa shape index (κ1) is 12.6. The van der Waals surface area contributed by atoms with Crippen LogP contribution in [0.1, 0.15) is 28.4 Å². The first-order valence-electron chi connectivity index (χ1n) is 7.49. The van der Waals surface area contributed by atoms with E-state index in [0.29, 0.717) is 12.5 Å². The van der Waals surface area contributed by atoms with Gasteiger partial charge in [0.05, 0.1) is 11.0 Å². The molecule has 0 saturated heterocycles. The summed E-state index contributed by atoms with van der Waals surface area (Å²) in [6, 6.07) is 15.0. The maximum absolute atomic E-state index is 5.85. The lowest BCUT2D eigenvalue weighted by Gasteiger charge is -2.09. The lowest BCUT2D eigenvalue weighted by atomic mass is 10.1. The number of para-hydroxylation sites is 1. The van der Waals surface area contributed by atoms with Crippen LogP contribution in [0.3, 0.4) is 0 Å². The largest absolute Gasteiger partial charge is 0.331 e. The second kappa shape index (κ2) is 4.71. The maximum atomic E-state index is 5.85. The predicted molar refractivity (Wildman–Crippen MR) is 85.2 cm³/mol. The van der Waals surface area contributed by atoms with Crippen molar-refractivity contribution in [3.63, 3.8) is 0 Å². The highest BCUT2D eigenvalue weighted by molar-refractivity contribution is 5.79. The zero-order valence-electron chi connectivity index (χ0n) is 12.2. The second-order valence-corrected chi connectivity index (χ2v) is 5.89. The summed E-state index contributed by atoms with van der Waals surface area (Å²) in [5, 5.41) is 0. The summed E-state index contributed by atoms with van der Waals surface area (Å²) in [5.74, 6) is 1.66. The van der Waals surface area contributed by atoms with Crippen molar-refractivity contribution in [1.29, 1.82) is 0 Å². The van der Waals surface area contributed by atoms with Crippen molar-refractivity contribution in [2.24, 2.45) is 12.8 Å². The Hall–Kier alpha value is -2.13. The Morgan fingerprint density at radius 3 is 2.48 bits per heavy atom. The van der Waals surface area contributed by atoms with E-state index in [1.54, 1.807) is 0 Å². The normalized spacial score (nSPS) is 14.8. The molecule has 0 atom stereocenters. The van der Waals surface area contributed by atoms with Crippen molar-refractivity contribution in [2.75, 3.05) is 0 Å². The average Bonchev–Trinajstić information content (AvgIpc) is 3.08. The predicted octanol–water partition coefficient (Wildman–Crippen LogP) is 2.91. The monoisotopic (exact) mass is 277 g/mol. The second-order valence-electron chi connectivity index (χ2n) is 5.89. The molecule has 2 aromatic carbocycles. The molecule has 0 fully saturated rings. The van der Waals surface area contributed by atoms with Crippen LogP contribution in [0.5, 0.6) is 0 Å². The number of aryl methyl sites for hydroxylation is 1. The van der Waals surface area contributed by atoms with E-state index >= 15 is 0 Å². The molecule has 3 nitrogen and oxygen atoms in total. The minimum absolute atomic E-state index is 0.477. The zero-order valence-corrected chi connectivity index (χ0v) is 12.2. The van der Waals surface area contributed by atoms with Gasteiger partial charge < -0.3 is 10.3 Å².